The third kappa shape index (κ3) is 4.38. The molecule has 3 N–H and O–H groups in total. The van der Waals surface area contributed by atoms with Gasteiger partial charge >= 0.3 is 0 Å². The van der Waals surface area contributed by atoms with Gasteiger partial charge in [0.2, 0.25) is 11.8 Å². The number of aliphatic imine (C=N–C) groups is 1. The summed E-state index contributed by atoms with van der Waals surface area (Å²) in [5.74, 6) is 0.526. The van der Waals surface area contributed by atoms with Gasteiger partial charge in [0.15, 0.2) is 0 Å². The van der Waals surface area contributed by atoms with Gasteiger partial charge in [0.1, 0.15) is 5.84 Å². The van der Waals surface area contributed by atoms with Crippen LogP contribution in [0.4, 0.5) is 0 Å². The van der Waals surface area contributed by atoms with E-state index < -0.39 is 5.91 Å². The van der Waals surface area contributed by atoms with Gasteiger partial charge in [0.25, 0.3) is 0 Å². The Balaban J connectivity index is 1.60. The first-order chi connectivity index (χ1) is 12.1. The summed E-state index contributed by atoms with van der Waals surface area (Å²) in [6.07, 6.45) is 4.71. The molecule has 3 rings (SSSR count). The Hall–Kier alpha value is -2.37. The molecular formula is C19H26N4O2. The largest absolute Gasteiger partial charge is 0.368 e. The number of nitrogens with zero attached hydrogens (tertiary/aromatic N) is 2. The maximum Gasteiger partial charge on any atom is 0.236 e. The van der Waals surface area contributed by atoms with Crippen molar-refractivity contribution in [3.63, 3.8) is 0 Å². The first-order valence-electron chi connectivity index (χ1n) is 9.07. The number of benzene rings is 1. The minimum Gasteiger partial charge on any atom is -0.368 e. The maximum absolute atomic E-state index is 12.1. The lowest BCUT2D eigenvalue weighted by Gasteiger charge is -2.40. The van der Waals surface area contributed by atoms with Gasteiger partial charge in [-0.25, -0.2) is 0 Å². The van der Waals surface area contributed by atoms with Gasteiger partial charge in [-0.3, -0.25) is 14.6 Å². The van der Waals surface area contributed by atoms with Crippen LogP contribution in [-0.2, 0) is 9.59 Å². The summed E-state index contributed by atoms with van der Waals surface area (Å²) >= 11 is 0. The highest BCUT2D eigenvalue weighted by Gasteiger charge is 2.31. The Morgan fingerprint density at radius 1 is 1.16 bits per heavy atom. The van der Waals surface area contributed by atoms with Gasteiger partial charge in [0, 0.05) is 30.6 Å². The molecule has 0 spiro atoms. The van der Waals surface area contributed by atoms with Crippen LogP contribution in [0.15, 0.2) is 35.3 Å². The highest BCUT2D eigenvalue weighted by atomic mass is 16.2. The highest BCUT2D eigenvalue weighted by molar-refractivity contribution is 5.99. The number of nitrogens with one attached hydrogen (secondary N) is 1. The molecule has 1 aromatic carbocycles. The second-order valence-corrected chi connectivity index (χ2v) is 6.81. The van der Waals surface area contributed by atoms with Crippen molar-refractivity contribution in [3.8, 4) is 0 Å². The lowest BCUT2D eigenvalue weighted by Crippen LogP contribution is -2.47. The van der Waals surface area contributed by atoms with Crippen LogP contribution in [0, 0.1) is 5.92 Å². The first kappa shape index (κ1) is 17.5. The summed E-state index contributed by atoms with van der Waals surface area (Å²) in [7, 11) is 0. The molecule has 0 atom stereocenters. The zero-order valence-electron chi connectivity index (χ0n) is 14.5. The molecule has 1 aliphatic heterocycles. The predicted octanol–water partition coefficient (Wildman–Crippen LogP) is 1.30. The molecule has 1 aliphatic carbocycles. The number of carbonyl (C=O) groups excluding carboxylic acids is 2. The van der Waals surface area contributed by atoms with Crippen molar-refractivity contribution in [2.45, 2.75) is 38.1 Å². The minimum atomic E-state index is -0.501. The van der Waals surface area contributed by atoms with Crippen LogP contribution < -0.4 is 11.1 Å². The van der Waals surface area contributed by atoms with E-state index in [-0.39, 0.29) is 18.4 Å². The molecule has 6 heteroatoms. The number of hydrogen-bond donors (Lipinski definition) is 2. The Bertz CT molecular complexity index is 636. The summed E-state index contributed by atoms with van der Waals surface area (Å²) < 4.78 is 0. The standard InChI is InChI=1S/C19H26N4O2/c20-17(24)13-22-19(25)15-7-9-16(10-8-15)23-12-4-11-21-18(23)14-5-2-1-3-6-14/h1-3,5-6,15-16H,4,7-13H2,(H2,20,24)(H,22,25). The number of amides is 2. The molecule has 1 saturated carbocycles. The van der Waals surface area contributed by atoms with Gasteiger partial charge in [-0.15, -0.1) is 0 Å². The topological polar surface area (TPSA) is 87.8 Å². The van der Waals surface area contributed by atoms with Gasteiger partial charge in [0.05, 0.1) is 6.54 Å². The zero-order valence-corrected chi connectivity index (χ0v) is 14.5. The van der Waals surface area contributed by atoms with E-state index in [1.807, 2.05) is 18.2 Å². The van der Waals surface area contributed by atoms with Gasteiger partial charge in [-0.1, -0.05) is 30.3 Å². The van der Waals surface area contributed by atoms with E-state index in [0.717, 1.165) is 51.0 Å². The number of carbonyl (C=O) groups is 2. The Morgan fingerprint density at radius 3 is 2.56 bits per heavy atom. The molecule has 0 radical (unpaired) electrons. The maximum atomic E-state index is 12.1. The first-order valence-corrected chi connectivity index (χ1v) is 9.07. The van der Waals surface area contributed by atoms with Crippen LogP contribution in [0.3, 0.4) is 0 Å². The van der Waals surface area contributed by atoms with Crippen LogP contribution in [0.2, 0.25) is 0 Å². The molecule has 6 nitrogen and oxygen atoms in total. The number of rotatable bonds is 5. The van der Waals surface area contributed by atoms with Crippen molar-refractivity contribution in [1.29, 1.82) is 0 Å². The number of hydrogen-bond acceptors (Lipinski definition) is 4. The van der Waals surface area contributed by atoms with Crippen molar-refractivity contribution in [3.05, 3.63) is 35.9 Å². The fraction of sp³-hybridized carbons (Fsp3) is 0.526. The van der Waals surface area contributed by atoms with Gasteiger partial charge in [-0.2, -0.15) is 0 Å². The van der Waals surface area contributed by atoms with Crippen LogP contribution in [0.25, 0.3) is 0 Å². The molecule has 0 saturated heterocycles. The fourth-order valence-electron chi connectivity index (χ4n) is 3.79. The zero-order chi connectivity index (χ0) is 17.6. The lowest BCUT2D eigenvalue weighted by atomic mass is 9.84. The van der Waals surface area contributed by atoms with Crippen molar-refractivity contribution < 1.29 is 9.59 Å². The van der Waals surface area contributed by atoms with Crippen molar-refractivity contribution in [1.82, 2.24) is 10.2 Å². The number of amidine groups is 1. The van der Waals surface area contributed by atoms with E-state index in [1.165, 1.54) is 5.56 Å². The molecular weight excluding hydrogens is 316 g/mol. The summed E-state index contributed by atoms with van der Waals surface area (Å²) in [5.41, 5.74) is 6.26. The molecule has 1 aromatic rings. The third-order valence-corrected chi connectivity index (χ3v) is 5.07. The fourth-order valence-corrected chi connectivity index (χ4v) is 3.79. The molecule has 0 bridgehead atoms. The molecule has 2 aliphatic rings. The third-order valence-electron chi connectivity index (χ3n) is 5.07. The molecule has 2 amide bonds. The van der Waals surface area contributed by atoms with Gasteiger partial charge < -0.3 is 16.0 Å². The molecule has 1 heterocycles. The summed E-state index contributed by atoms with van der Waals surface area (Å²) in [6, 6.07) is 10.8. The van der Waals surface area contributed by atoms with E-state index in [1.54, 1.807) is 0 Å². The van der Waals surface area contributed by atoms with E-state index in [4.69, 9.17) is 10.7 Å². The van der Waals surface area contributed by atoms with Crippen molar-refractivity contribution >= 4 is 17.6 Å². The van der Waals surface area contributed by atoms with E-state index in [9.17, 15) is 9.59 Å². The lowest BCUT2D eigenvalue weighted by molar-refractivity contribution is -0.128. The predicted molar refractivity (Wildman–Crippen MR) is 97.1 cm³/mol. The average molecular weight is 342 g/mol. The van der Waals surface area contributed by atoms with E-state index in [0.29, 0.717) is 6.04 Å². The molecule has 0 aromatic heterocycles. The summed E-state index contributed by atoms with van der Waals surface area (Å²) in [6.45, 7) is 1.83. The molecule has 0 unspecified atom stereocenters. The second-order valence-electron chi connectivity index (χ2n) is 6.81. The van der Waals surface area contributed by atoms with Crippen molar-refractivity contribution in [2.24, 2.45) is 16.6 Å². The Labute approximate surface area is 148 Å². The highest BCUT2D eigenvalue weighted by Crippen LogP contribution is 2.30. The van der Waals surface area contributed by atoms with Gasteiger partial charge in [-0.05, 0) is 32.1 Å². The Kier molecular flexibility index (Phi) is 5.68. The molecule has 1 fully saturated rings. The van der Waals surface area contributed by atoms with Crippen LogP contribution in [0.5, 0.6) is 0 Å². The number of nitrogens with two attached hydrogens (primary N) is 1. The van der Waals surface area contributed by atoms with Crippen LogP contribution >= 0.6 is 0 Å². The summed E-state index contributed by atoms with van der Waals surface area (Å²) in [4.78, 5) is 30.1. The summed E-state index contributed by atoms with van der Waals surface area (Å²) in [5, 5.41) is 2.63. The van der Waals surface area contributed by atoms with Crippen LogP contribution in [-0.4, -0.2) is 48.2 Å². The van der Waals surface area contributed by atoms with Crippen LogP contribution in [0.1, 0.15) is 37.7 Å². The average Bonchev–Trinajstić information content (AvgIpc) is 2.67. The SMILES string of the molecule is NC(=O)CNC(=O)C1CCC(N2CCCN=C2c2ccccc2)CC1. The molecule has 25 heavy (non-hydrogen) atoms. The van der Waals surface area contributed by atoms with E-state index in [2.05, 4.69) is 22.3 Å². The van der Waals surface area contributed by atoms with Crippen molar-refractivity contribution in [2.75, 3.05) is 19.6 Å². The smallest absolute Gasteiger partial charge is 0.236 e. The monoisotopic (exact) mass is 342 g/mol. The minimum absolute atomic E-state index is 0.0162. The normalized spacial score (nSPS) is 23.7. The molecule has 134 valence electrons. The van der Waals surface area contributed by atoms with E-state index >= 15 is 0 Å². The quantitative estimate of drug-likeness (QED) is 0.845. The second kappa shape index (κ2) is 8.14. The Morgan fingerprint density at radius 2 is 1.88 bits per heavy atom. The number of primary amides is 1.